The van der Waals surface area contributed by atoms with Crippen LogP contribution in [0.15, 0.2) is 30.8 Å². The molecule has 2 aromatic carbocycles. The largest absolute Gasteiger partial charge is 0.504 e. The van der Waals surface area contributed by atoms with Gasteiger partial charge in [-0.2, -0.15) is 0 Å². The molecule has 0 saturated heterocycles. The topological polar surface area (TPSA) is 58.9 Å². The summed E-state index contributed by atoms with van der Waals surface area (Å²) in [6.07, 6.45) is 0. The van der Waals surface area contributed by atoms with E-state index in [1.807, 2.05) is 26.0 Å². The number of benzene rings is 2. The maximum Gasteiger partial charge on any atom is 0.201 e. The number of rotatable bonds is 4. The Morgan fingerprint density at radius 3 is 2.18 bits per heavy atom. The third kappa shape index (κ3) is 2.60. The molecule has 2 rings (SSSR count). The molecule has 116 valence electrons. The van der Waals surface area contributed by atoms with Crippen LogP contribution in [0.25, 0.3) is 5.57 Å². The molecule has 0 atom stereocenters. The Morgan fingerprint density at radius 1 is 0.955 bits per heavy atom. The molecule has 4 nitrogen and oxygen atoms in total. The fraction of sp³-hybridized carbons (Fsp3) is 0.222. The number of hydrogen-bond acceptors (Lipinski definition) is 4. The van der Waals surface area contributed by atoms with Crippen LogP contribution in [-0.2, 0) is 0 Å². The molecule has 0 unspecified atom stereocenters. The molecule has 0 amide bonds. The molecule has 0 aliphatic rings. The summed E-state index contributed by atoms with van der Waals surface area (Å²) in [5.74, 6) is 0.429. The Kier molecular flexibility index (Phi) is 4.31. The summed E-state index contributed by atoms with van der Waals surface area (Å²) in [6.45, 7) is 8.00. The minimum Gasteiger partial charge on any atom is -0.504 e. The van der Waals surface area contributed by atoms with E-state index >= 15 is 0 Å². The minimum atomic E-state index is -0.294. The van der Waals surface area contributed by atoms with Crippen molar-refractivity contribution in [2.24, 2.45) is 0 Å². The number of aromatic hydroxyl groups is 2. The first-order valence-corrected chi connectivity index (χ1v) is 6.84. The van der Waals surface area contributed by atoms with Crippen molar-refractivity contribution in [3.63, 3.8) is 0 Å². The molecule has 0 bridgehead atoms. The maximum atomic E-state index is 10.2. The lowest BCUT2D eigenvalue weighted by Crippen LogP contribution is -1.95. The molecular formula is C18H20O4. The van der Waals surface area contributed by atoms with Crippen molar-refractivity contribution in [1.82, 2.24) is 0 Å². The zero-order valence-corrected chi connectivity index (χ0v) is 13.2. The standard InChI is InChI=1S/C18H20O4/c1-10-8-13(9-16(22-5)11(10)2)12(3)14-6-7-15(21-4)18(20)17(14)19/h6-9,19-20H,3H2,1-2,4-5H3. The van der Waals surface area contributed by atoms with Gasteiger partial charge in [-0.3, -0.25) is 0 Å². The van der Waals surface area contributed by atoms with Gasteiger partial charge in [-0.1, -0.05) is 12.6 Å². The van der Waals surface area contributed by atoms with Gasteiger partial charge in [0.05, 0.1) is 14.2 Å². The predicted molar refractivity (Wildman–Crippen MR) is 86.9 cm³/mol. The normalized spacial score (nSPS) is 10.4. The lowest BCUT2D eigenvalue weighted by molar-refractivity contribution is 0.350. The Hall–Kier alpha value is -2.62. The highest BCUT2D eigenvalue weighted by atomic mass is 16.5. The zero-order valence-electron chi connectivity index (χ0n) is 13.2. The number of hydrogen-bond donors (Lipinski definition) is 2. The molecule has 4 heteroatoms. The maximum absolute atomic E-state index is 10.2. The number of aryl methyl sites for hydroxylation is 1. The van der Waals surface area contributed by atoms with Crippen molar-refractivity contribution >= 4 is 5.57 Å². The molecule has 0 heterocycles. The molecule has 0 aliphatic carbocycles. The van der Waals surface area contributed by atoms with E-state index in [-0.39, 0.29) is 17.2 Å². The highest BCUT2D eigenvalue weighted by molar-refractivity contribution is 5.84. The highest BCUT2D eigenvalue weighted by Gasteiger charge is 2.16. The molecule has 0 saturated carbocycles. The van der Waals surface area contributed by atoms with Crippen LogP contribution in [-0.4, -0.2) is 24.4 Å². The predicted octanol–water partition coefficient (Wildman–Crippen LogP) is 3.79. The second kappa shape index (κ2) is 6.02. The van der Waals surface area contributed by atoms with E-state index in [2.05, 4.69) is 6.58 Å². The number of phenols is 2. The minimum absolute atomic E-state index is 0.215. The SMILES string of the molecule is C=C(c1cc(C)c(C)c(OC)c1)c1ccc(OC)c(O)c1O. The van der Waals surface area contributed by atoms with Gasteiger partial charge in [0.25, 0.3) is 0 Å². The van der Waals surface area contributed by atoms with Crippen molar-refractivity contribution in [1.29, 1.82) is 0 Å². The van der Waals surface area contributed by atoms with E-state index in [0.29, 0.717) is 11.1 Å². The van der Waals surface area contributed by atoms with Gasteiger partial charge in [-0.05, 0) is 54.3 Å². The van der Waals surface area contributed by atoms with Gasteiger partial charge in [0.15, 0.2) is 11.5 Å². The van der Waals surface area contributed by atoms with Crippen LogP contribution in [0.3, 0.4) is 0 Å². The molecule has 0 spiro atoms. The van der Waals surface area contributed by atoms with Crippen molar-refractivity contribution in [3.8, 4) is 23.0 Å². The number of methoxy groups -OCH3 is 2. The van der Waals surface area contributed by atoms with Gasteiger partial charge >= 0.3 is 0 Å². The van der Waals surface area contributed by atoms with Gasteiger partial charge in [-0.15, -0.1) is 0 Å². The molecule has 22 heavy (non-hydrogen) atoms. The van der Waals surface area contributed by atoms with Crippen molar-refractivity contribution in [3.05, 3.63) is 53.1 Å². The van der Waals surface area contributed by atoms with Gasteiger partial charge in [0.2, 0.25) is 5.75 Å². The molecule has 2 N–H and O–H groups in total. The first-order valence-electron chi connectivity index (χ1n) is 6.84. The van der Waals surface area contributed by atoms with Gasteiger partial charge in [0.1, 0.15) is 5.75 Å². The van der Waals surface area contributed by atoms with Crippen LogP contribution in [0.5, 0.6) is 23.0 Å². The molecule has 0 aliphatic heterocycles. The van der Waals surface area contributed by atoms with Gasteiger partial charge in [-0.25, -0.2) is 0 Å². The lowest BCUT2D eigenvalue weighted by Gasteiger charge is -2.15. The van der Waals surface area contributed by atoms with Crippen LogP contribution >= 0.6 is 0 Å². The van der Waals surface area contributed by atoms with Crippen LogP contribution in [0.2, 0.25) is 0 Å². The van der Waals surface area contributed by atoms with E-state index in [1.54, 1.807) is 19.2 Å². The van der Waals surface area contributed by atoms with Crippen LogP contribution in [0.4, 0.5) is 0 Å². The van der Waals surface area contributed by atoms with E-state index in [4.69, 9.17) is 9.47 Å². The fourth-order valence-electron chi connectivity index (χ4n) is 2.34. The van der Waals surface area contributed by atoms with E-state index in [1.165, 1.54) is 7.11 Å². The van der Waals surface area contributed by atoms with Crippen LogP contribution in [0, 0.1) is 13.8 Å². The first-order chi connectivity index (χ1) is 10.4. The Labute approximate surface area is 130 Å². The van der Waals surface area contributed by atoms with Crippen LogP contribution < -0.4 is 9.47 Å². The Bertz CT molecular complexity index is 732. The number of phenolic OH excluding ortho intramolecular Hbond substituents is 2. The van der Waals surface area contributed by atoms with Gasteiger partial charge < -0.3 is 19.7 Å². The van der Waals surface area contributed by atoms with E-state index in [0.717, 1.165) is 22.4 Å². The lowest BCUT2D eigenvalue weighted by atomic mass is 9.95. The summed E-state index contributed by atoms with van der Waals surface area (Å²) in [4.78, 5) is 0. The summed E-state index contributed by atoms with van der Waals surface area (Å²) in [5, 5.41) is 20.1. The third-order valence-electron chi connectivity index (χ3n) is 3.85. The Balaban J connectivity index is 2.54. The summed E-state index contributed by atoms with van der Waals surface area (Å²) in [7, 11) is 3.04. The smallest absolute Gasteiger partial charge is 0.201 e. The highest BCUT2D eigenvalue weighted by Crippen LogP contribution is 2.42. The van der Waals surface area contributed by atoms with Crippen molar-refractivity contribution in [2.75, 3.05) is 14.2 Å². The summed E-state index contributed by atoms with van der Waals surface area (Å²) in [5.41, 5.74) is 3.98. The zero-order chi connectivity index (χ0) is 16.4. The summed E-state index contributed by atoms with van der Waals surface area (Å²) in [6, 6.07) is 7.10. The van der Waals surface area contributed by atoms with Crippen LogP contribution in [0.1, 0.15) is 22.3 Å². The summed E-state index contributed by atoms with van der Waals surface area (Å²) >= 11 is 0. The third-order valence-corrected chi connectivity index (χ3v) is 3.85. The second-order valence-electron chi connectivity index (χ2n) is 5.11. The Morgan fingerprint density at radius 2 is 1.59 bits per heavy atom. The van der Waals surface area contributed by atoms with E-state index < -0.39 is 0 Å². The monoisotopic (exact) mass is 300 g/mol. The number of ether oxygens (including phenoxy) is 2. The quantitative estimate of drug-likeness (QED) is 0.843. The fourth-order valence-corrected chi connectivity index (χ4v) is 2.34. The van der Waals surface area contributed by atoms with E-state index in [9.17, 15) is 10.2 Å². The van der Waals surface area contributed by atoms with Crippen molar-refractivity contribution in [2.45, 2.75) is 13.8 Å². The van der Waals surface area contributed by atoms with Gasteiger partial charge in [0, 0.05) is 5.56 Å². The van der Waals surface area contributed by atoms with Crippen molar-refractivity contribution < 1.29 is 19.7 Å². The summed E-state index contributed by atoms with van der Waals surface area (Å²) < 4.78 is 10.3. The second-order valence-corrected chi connectivity index (χ2v) is 5.11. The average Bonchev–Trinajstić information content (AvgIpc) is 2.51. The molecular weight excluding hydrogens is 280 g/mol. The first kappa shape index (κ1) is 15.8. The molecule has 0 fully saturated rings. The molecule has 0 aromatic heterocycles. The average molecular weight is 300 g/mol. The molecule has 0 radical (unpaired) electrons. The molecule has 2 aromatic rings.